The molecule has 2 saturated heterocycles. The van der Waals surface area contributed by atoms with Gasteiger partial charge in [0.05, 0.1) is 5.69 Å². The van der Waals surface area contributed by atoms with Gasteiger partial charge < -0.3 is 15.2 Å². The Bertz CT molecular complexity index is 513. The predicted molar refractivity (Wildman–Crippen MR) is 78.8 cm³/mol. The Labute approximate surface area is 119 Å². The number of fused-ring (bicyclic) bond motifs is 2. The van der Waals surface area contributed by atoms with E-state index in [1.165, 1.54) is 12.8 Å². The first-order chi connectivity index (χ1) is 9.67. The number of rotatable bonds is 4. The van der Waals surface area contributed by atoms with Gasteiger partial charge in [0.15, 0.2) is 0 Å². The third kappa shape index (κ3) is 2.65. The minimum absolute atomic E-state index is 0.0193. The lowest BCUT2D eigenvalue weighted by molar-refractivity contribution is 0.158. The minimum atomic E-state index is -0.0193. The third-order valence-electron chi connectivity index (χ3n) is 4.85. The van der Waals surface area contributed by atoms with Crippen LogP contribution < -0.4 is 10.9 Å². The van der Waals surface area contributed by atoms with Crippen molar-refractivity contribution in [3.63, 3.8) is 0 Å². The van der Waals surface area contributed by atoms with Crippen molar-refractivity contribution in [3.8, 4) is 0 Å². The van der Waals surface area contributed by atoms with Gasteiger partial charge in [0.2, 0.25) is 0 Å². The van der Waals surface area contributed by atoms with Crippen LogP contribution in [0.2, 0.25) is 0 Å². The fourth-order valence-corrected chi connectivity index (χ4v) is 3.70. The molecule has 3 rings (SSSR count). The van der Waals surface area contributed by atoms with Crippen molar-refractivity contribution in [2.24, 2.45) is 0 Å². The molecule has 1 aromatic rings. The summed E-state index contributed by atoms with van der Waals surface area (Å²) in [5.41, 5.74) is 0.839. The smallest absolute Gasteiger partial charge is 0.251 e. The number of nitrogens with one attached hydrogen (secondary N) is 2. The number of piperidine rings is 1. The number of hydrogen-bond donors (Lipinski definition) is 2. The highest BCUT2D eigenvalue weighted by molar-refractivity contribution is 5.10. The first-order valence-electron chi connectivity index (χ1n) is 7.70. The van der Waals surface area contributed by atoms with E-state index in [2.05, 4.69) is 34.2 Å². The molecule has 3 heterocycles. The lowest BCUT2D eigenvalue weighted by Gasteiger charge is -2.35. The quantitative estimate of drug-likeness (QED) is 0.868. The van der Waals surface area contributed by atoms with Crippen LogP contribution in [0.1, 0.15) is 50.0 Å². The van der Waals surface area contributed by atoms with Gasteiger partial charge >= 0.3 is 0 Å². The Kier molecular flexibility index (Phi) is 3.89. The SMILES string of the molecule is CCNCc1cc(=O)[nH]c(C2CC3CCC(C2)N3C)n1. The summed E-state index contributed by atoms with van der Waals surface area (Å²) in [6, 6.07) is 2.94. The molecule has 0 radical (unpaired) electrons. The second-order valence-corrected chi connectivity index (χ2v) is 6.12. The van der Waals surface area contributed by atoms with E-state index in [4.69, 9.17) is 0 Å². The van der Waals surface area contributed by atoms with Crippen LogP contribution >= 0.6 is 0 Å². The van der Waals surface area contributed by atoms with E-state index >= 15 is 0 Å². The molecule has 0 spiro atoms. The highest BCUT2D eigenvalue weighted by Gasteiger charge is 2.39. The van der Waals surface area contributed by atoms with Gasteiger partial charge in [-0.15, -0.1) is 0 Å². The van der Waals surface area contributed by atoms with Crippen molar-refractivity contribution >= 4 is 0 Å². The van der Waals surface area contributed by atoms with E-state index in [9.17, 15) is 4.79 Å². The van der Waals surface area contributed by atoms with E-state index in [0.29, 0.717) is 24.5 Å². The van der Waals surface area contributed by atoms with Gasteiger partial charge in [0.25, 0.3) is 5.56 Å². The molecule has 2 unspecified atom stereocenters. The summed E-state index contributed by atoms with van der Waals surface area (Å²) in [7, 11) is 2.23. The largest absolute Gasteiger partial charge is 0.311 e. The van der Waals surface area contributed by atoms with Crippen LogP contribution in [0.15, 0.2) is 10.9 Å². The fourth-order valence-electron chi connectivity index (χ4n) is 3.70. The zero-order chi connectivity index (χ0) is 14.1. The van der Waals surface area contributed by atoms with Gasteiger partial charge in [-0.25, -0.2) is 4.98 Å². The van der Waals surface area contributed by atoms with Crippen molar-refractivity contribution in [1.29, 1.82) is 0 Å². The molecule has 0 amide bonds. The van der Waals surface area contributed by atoms with E-state index in [1.807, 2.05) is 0 Å². The maximum absolute atomic E-state index is 11.8. The maximum atomic E-state index is 11.8. The predicted octanol–water partition coefficient (Wildman–Crippen LogP) is 1.22. The van der Waals surface area contributed by atoms with E-state index < -0.39 is 0 Å². The van der Waals surface area contributed by atoms with E-state index in [1.54, 1.807) is 6.07 Å². The first kappa shape index (κ1) is 13.8. The summed E-state index contributed by atoms with van der Waals surface area (Å²) >= 11 is 0. The molecule has 5 heteroatoms. The van der Waals surface area contributed by atoms with Crippen LogP contribution in [0.3, 0.4) is 0 Å². The zero-order valence-electron chi connectivity index (χ0n) is 12.4. The Hall–Kier alpha value is -1.20. The number of aromatic amines is 1. The number of nitrogens with zero attached hydrogens (tertiary/aromatic N) is 2. The topological polar surface area (TPSA) is 61.0 Å². The van der Waals surface area contributed by atoms with Crippen molar-refractivity contribution in [2.75, 3.05) is 13.6 Å². The highest BCUT2D eigenvalue weighted by atomic mass is 16.1. The van der Waals surface area contributed by atoms with Crippen LogP contribution in [0.5, 0.6) is 0 Å². The van der Waals surface area contributed by atoms with Crippen molar-refractivity contribution in [3.05, 3.63) is 27.9 Å². The Balaban J connectivity index is 1.80. The molecule has 0 aliphatic carbocycles. The zero-order valence-corrected chi connectivity index (χ0v) is 12.4. The van der Waals surface area contributed by atoms with Crippen LogP contribution in [0, 0.1) is 0 Å². The summed E-state index contributed by atoms with van der Waals surface area (Å²) in [4.78, 5) is 22.0. The minimum Gasteiger partial charge on any atom is -0.311 e. The molecule has 2 aliphatic rings. The standard InChI is InChI=1S/C15H24N4O/c1-3-16-9-11-8-14(20)18-15(17-11)10-6-12-4-5-13(7-10)19(12)2/h8,10,12-13,16H,3-7,9H2,1-2H3,(H,17,18,20). The molecule has 0 aromatic carbocycles. The summed E-state index contributed by atoms with van der Waals surface area (Å²) in [5, 5.41) is 3.24. The molecule has 5 nitrogen and oxygen atoms in total. The monoisotopic (exact) mass is 276 g/mol. The summed E-state index contributed by atoms with van der Waals surface area (Å²) in [6.07, 6.45) is 4.83. The van der Waals surface area contributed by atoms with Crippen LogP contribution in [-0.4, -0.2) is 40.5 Å². The first-order valence-corrected chi connectivity index (χ1v) is 7.70. The van der Waals surface area contributed by atoms with E-state index in [0.717, 1.165) is 30.9 Å². The average molecular weight is 276 g/mol. The van der Waals surface area contributed by atoms with Crippen molar-refractivity contribution in [1.82, 2.24) is 20.2 Å². The van der Waals surface area contributed by atoms with Gasteiger partial charge in [-0.05, 0) is 39.3 Å². The van der Waals surface area contributed by atoms with Gasteiger partial charge in [-0.1, -0.05) is 6.92 Å². The van der Waals surface area contributed by atoms with Gasteiger partial charge in [0, 0.05) is 30.6 Å². The lowest BCUT2D eigenvalue weighted by Crippen LogP contribution is -2.39. The van der Waals surface area contributed by atoms with Crippen molar-refractivity contribution < 1.29 is 0 Å². The molecule has 2 atom stereocenters. The average Bonchev–Trinajstić information content (AvgIpc) is 2.66. The molecular weight excluding hydrogens is 252 g/mol. The Morgan fingerprint density at radius 1 is 1.40 bits per heavy atom. The molecule has 0 saturated carbocycles. The summed E-state index contributed by atoms with van der Waals surface area (Å²) in [5.74, 6) is 1.31. The number of hydrogen-bond acceptors (Lipinski definition) is 4. The molecule has 110 valence electrons. The molecule has 2 aliphatic heterocycles. The summed E-state index contributed by atoms with van der Waals surface area (Å²) in [6.45, 7) is 3.62. The third-order valence-corrected chi connectivity index (χ3v) is 4.85. The highest BCUT2D eigenvalue weighted by Crippen LogP contribution is 2.40. The molecule has 20 heavy (non-hydrogen) atoms. The number of aromatic nitrogens is 2. The molecular formula is C15H24N4O. The Morgan fingerprint density at radius 3 is 2.75 bits per heavy atom. The van der Waals surface area contributed by atoms with Crippen LogP contribution in [0.25, 0.3) is 0 Å². The molecule has 2 bridgehead atoms. The molecule has 1 aromatic heterocycles. The second-order valence-electron chi connectivity index (χ2n) is 6.12. The van der Waals surface area contributed by atoms with Gasteiger partial charge in [0.1, 0.15) is 5.82 Å². The summed E-state index contributed by atoms with van der Waals surface area (Å²) < 4.78 is 0. The second kappa shape index (κ2) is 5.66. The molecule has 2 N–H and O–H groups in total. The van der Waals surface area contributed by atoms with Gasteiger partial charge in [-0.3, -0.25) is 4.79 Å². The normalized spacial score (nSPS) is 29.8. The van der Waals surface area contributed by atoms with Gasteiger partial charge in [-0.2, -0.15) is 0 Å². The van der Waals surface area contributed by atoms with E-state index in [-0.39, 0.29) is 5.56 Å². The maximum Gasteiger partial charge on any atom is 0.251 e. The van der Waals surface area contributed by atoms with Crippen LogP contribution in [-0.2, 0) is 6.54 Å². The fraction of sp³-hybridized carbons (Fsp3) is 0.733. The Morgan fingerprint density at radius 2 is 2.10 bits per heavy atom. The molecule has 2 fully saturated rings. The lowest BCUT2D eigenvalue weighted by atomic mass is 9.90. The van der Waals surface area contributed by atoms with Crippen molar-refractivity contribution in [2.45, 2.75) is 57.2 Å². The van der Waals surface area contributed by atoms with Crippen LogP contribution in [0.4, 0.5) is 0 Å². The number of H-pyrrole nitrogens is 1.